The predicted molar refractivity (Wildman–Crippen MR) is 90.2 cm³/mol. The number of rotatable bonds is 6. The second kappa shape index (κ2) is 7.24. The van der Waals surface area contributed by atoms with E-state index in [1.54, 1.807) is 12.1 Å². The normalized spacial score (nSPS) is 19.1. The molecular weight excluding hydrogens is 340 g/mol. The number of imide groups is 2. The second-order valence-corrected chi connectivity index (χ2v) is 5.91. The fraction of sp³-hybridized carbons (Fsp3) is 0.375. The van der Waals surface area contributed by atoms with E-state index >= 15 is 0 Å². The molecule has 1 atom stereocenters. The zero-order chi connectivity index (χ0) is 18.7. The van der Waals surface area contributed by atoms with Crippen molar-refractivity contribution in [1.82, 2.24) is 10.2 Å². The summed E-state index contributed by atoms with van der Waals surface area (Å²) in [4.78, 5) is 52.4. The van der Waals surface area contributed by atoms with Crippen molar-refractivity contribution in [2.75, 3.05) is 18.4 Å². The number of amides is 4. The van der Waals surface area contributed by atoms with Crippen molar-refractivity contribution in [3.05, 3.63) is 39.8 Å². The molecule has 2 aliphatic rings. The summed E-state index contributed by atoms with van der Waals surface area (Å²) in [7, 11) is 0. The maximum Gasteiger partial charge on any atom is 0.264 e. The molecule has 1 saturated heterocycles. The van der Waals surface area contributed by atoms with E-state index in [4.69, 9.17) is 5.53 Å². The Labute approximate surface area is 148 Å². The molecule has 1 fully saturated rings. The molecule has 134 valence electrons. The third-order valence-corrected chi connectivity index (χ3v) is 4.28. The number of carbonyl (C=O) groups is 4. The minimum absolute atomic E-state index is 0.0777. The van der Waals surface area contributed by atoms with Gasteiger partial charge in [-0.05, 0) is 30.5 Å². The summed E-state index contributed by atoms with van der Waals surface area (Å²) in [6.45, 7) is 0.767. The molecule has 1 aromatic rings. The predicted octanol–water partition coefficient (Wildman–Crippen LogP) is 1.20. The highest BCUT2D eigenvalue weighted by molar-refractivity contribution is 6.25. The Bertz CT molecular complexity index is 845. The molecule has 2 aliphatic heterocycles. The highest BCUT2D eigenvalue weighted by Gasteiger charge is 2.45. The van der Waals surface area contributed by atoms with Gasteiger partial charge in [0.1, 0.15) is 6.04 Å². The molecule has 2 N–H and O–H groups in total. The van der Waals surface area contributed by atoms with Gasteiger partial charge in [-0.2, -0.15) is 0 Å². The van der Waals surface area contributed by atoms with E-state index in [9.17, 15) is 19.2 Å². The highest BCUT2D eigenvalue weighted by atomic mass is 16.2. The van der Waals surface area contributed by atoms with Crippen molar-refractivity contribution >= 4 is 29.3 Å². The maximum atomic E-state index is 12.8. The third-order valence-electron chi connectivity index (χ3n) is 4.28. The van der Waals surface area contributed by atoms with Gasteiger partial charge >= 0.3 is 0 Å². The van der Waals surface area contributed by atoms with Gasteiger partial charge in [-0.15, -0.1) is 0 Å². The van der Waals surface area contributed by atoms with Crippen molar-refractivity contribution in [3.8, 4) is 0 Å². The zero-order valence-electron chi connectivity index (χ0n) is 13.8. The molecule has 0 aromatic heterocycles. The first-order valence-corrected chi connectivity index (χ1v) is 8.14. The van der Waals surface area contributed by atoms with Gasteiger partial charge in [0.15, 0.2) is 0 Å². The Kier molecular flexibility index (Phi) is 4.85. The first kappa shape index (κ1) is 17.4. The summed E-state index contributed by atoms with van der Waals surface area (Å²) in [6, 6.07) is 3.87. The lowest BCUT2D eigenvalue weighted by molar-refractivity contribution is -0.136. The van der Waals surface area contributed by atoms with E-state index in [0.717, 1.165) is 4.90 Å². The van der Waals surface area contributed by atoms with Crippen molar-refractivity contribution in [2.24, 2.45) is 5.11 Å². The molecule has 0 aliphatic carbocycles. The standard InChI is InChI=1S/C16H16N6O4/c17-21-19-8-2-7-18-10-4-1-3-9-13(10)16(26)22(15(9)25)11-5-6-12(23)20-14(11)24/h1,3-4,11,18H,2,5-8H2,(H,20,23,24). The summed E-state index contributed by atoms with van der Waals surface area (Å²) in [5.41, 5.74) is 9.18. The average Bonchev–Trinajstić information content (AvgIpc) is 2.87. The minimum Gasteiger partial charge on any atom is -0.384 e. The zero-order valence-corrected chi connectivity index (χ0v) is 13.8. The monoisotopic (exact) mass is 356 g/mol. The van der Waals surface area contributed by atoms with Gasteiger partial charge in [0.05, 0.1) is 11.1 Å². The summed E-state index contributed by atoms with van der Waals surface area (Å²) in [5.74, 6) is -2.15. The molecule has 0 radical (unpaired) electrons. The van der Waals surface area contributed by atoms with Crippen LogP contribution in [0.5, 0.6) is 0 Å². The minimum atomic E-state index is -0.988. The summed E-state index contributed by atoms with van der Waals surface area (Å²) in [6.07, 6.45) is 0.756. The molecule has 3 rings (SSSR count). The van der Waals surface area contributed by atoms with E-state index < -0.39 is 29.7 Å². The quantitative estimate of drug-likeness (QED) is 0.259. The number of hydrogen-bond donors (Lipinski definition) is 2. The van der Waals surface area contributed by atoms with E-state index in [0.29, 0.717) is 25.2 Å². The van der Waals surface area contributed by atoms with Crippen LogP contribution in [0, 0.1) is 0 Å². The molecule has 4 amide bonds. The first-order chi connectivity index (χ1) is 12.5. The van der Waals surface area contributed by atoms with Crippen LogP contribution in [-0.2, 0) is 9.59 Å². The largest absolute Gasteiger partial charge is 0.384 e. The number of nitrogens with zero attached hydrogens (tertiary/aromatic N) is 4. The highest BCUT2D eigenvalue weighted by Crippen LogP contribution is 2.32. The van der Waals surface area contributed by atoms with Crippen LogP contribution >= 0.6 is 0 Å². The van der Waals surface area contributed by atoms with E-state index in [2.05, 4.69) is 20.7 Å². The maximum absolute atomic E-state index is 12.8. The Hall–Kier alpha value is -3.39. The van der Waals surface area contributed by atoms with Crippen molar-refractivity contribution < 1.29 is 19.2 Å². The Morgan fingerprint density at radius 2 is 2.08 bits per heavy atom. The van der Waals surface area contributed by atoms with Crippen molar-refractivity contribution in [1.29, 1.82) is 0 Å². The topological polar surface area (TPSA) is 144 Å². The van der Waals surface area contributed by atoms with Crippen LogP contribution in [0.25, 0.3) is 10.4 Å². The van der Waals surface area contributed by atoms with Gasteiger partial charge in [0.2, 0.25) is 11.8 Å². The van der Waals surface area contributed by atoms with Gasteiger partial charge in [0.25, 0.3) is 11.8 Å². The molecule has 10 nitrogen and oxygen atoms in total. The number of azide groups is 1. The van der Waals surface area contributed by atoms with Crippen LogP contribution in [-0.4, -0.2) is 47.7 Å². The van der Waals surface area contributed by atoms with Gasteiger partial charge in [-0.25, -0.2) is 0 Å². The van der Waals surface area contributed by atoms with Crippen LogP contribution in [0.2, 0.25) is 0 Å². The summed E-state index contributed by atoms with van der Waals surface area (Å²) >= 11 is 0. The van der Waals surface area contributed by atoms with Crippen molar-refractivity contribution in [3.63, 3.8) is 0 Å². The number of carbonyl (C=O) groups excluding carboxylic acids is 4. The van der Waals surface area contributed by atoms with Crippen LogP contribution < -0.4 is 10.6 Å². The fourth-order valence-corrected chi connectivity index (χ4v) is 3.08. The number of nitrogens with one attached hydrogen (secondary N) is 2. The fourth-order valence-electron chi connectivity index (χ4n) is 3.08. The number of hydrogen-bond acceptors (Lipinski definition) is 6. The van der Waals surface area contributed by atoms with E-state index in [1.807, 2.05) is 0 Å². The lowest BCUT2D eigenvalue weighted by Crippen LogP contribution is -2.54. The van der Waals surface area contributed by atoms with Crippen LogP contribution in [0.15, 0.2) is 23.3 Å². The molecule has 2 heterocycles. The van der Waals surface area contributed by atoms with Gasteiger partial charge in [-0.1, -0.05) is 11.2 Å². The Balaban J connectivity index is 1.81. The van der Waals surface area contributed by atoms with E-state index in [1.165, 1.54) is 6.07 Å². The molecule has 26 heavy (non-hydrogen) atoms. The Morgan fingerprint density at radius 3 is 2.81 bits per heavy atom. The first-order valence-electron chi connectivity index (χ1n) is 8.14. The van der Waals surface area contributed by atoms with Crippen LogP contribution in [0.4, 0.5) is 5.69 Å². The summed E-state index contributed by atoms with van der Waals surface area (Å²) < 4.78 is 0. The molecule has 0 spiro atoms. The molecular formula is C16H16N6O4. The number of benzene rings is 1. The SMILES string of the molecule is [N-]=[N+]=NCCCNc1cccc2c1C(=O)N(C1CCC(=O)NC1=O)C2=O. The molecule has 10 heteroatoms. The number of anilines is 1. The lowest BCUT2D eigenvalue weighted by atomic mass is 10.0. The second-order valence-electron chi connectivity index (χ2n) is 5.91. The molecule has 0 saturated carbocycles. The molecule has 1 unspecified atom stereocenters. The summed E-state index contributed by atoms with van der Waals surface area (Å²) in [5, 5.41) is 8.65. The molecule has 1 aromatic carbocycles. The van der Waals surface area contributed by atoms with Crippen molar-refractivity contribution in [2.45, 2.75) is 25.3 Å². The van der Waals surface area contributed by atoms with E-state index in [-0.39, 0.29) is 24.0 Å². The smallest absolute Gasteiger partial charge is 0.264 e. The number of fused-ring (bicyclic) bond motifs is 1. The van der Waals surface area contributed by atoms with Crippen LogP contribution in [0.3, 0.4) is 0 Å². The average molecular weight is 356 g/mol. The lowest BCUT2D eigenvalue weighted by Gasteiger charge is -2.27. The van der Waals surface area contributed by atoms with Gasteiger partial charge < -0.3 is 5.32 Å². The Morgan fingerprint density at radius 1 is 1.27 bits per heavy atom. The van der Waals surface area contributed by atoms with Gasteiger partial charge in [-0.3, -0.25) is 29.4 Å². The third kappa shape index (κ3) is 3.09. The van der Waals surface area contributed by atoms with Crippen LogP contribution in [0.1, 0.15) is 40.0 Å². The van der Waals surface area contributed by atoms with Gasteiger partial charge in [0, 0.05) is 30.1 Å². The molecule has 0 bridgehead atoms. The number of piperidine rings is 1.